The molecule has 6 rings (SSSR count). The molecule has 6 nitrogen and oxygen atoms in total. The zero-order valence-electron chi connectivity index (χ0n) is 17.3. The van der Waals surface area contributed by atoms with E-state index in [0.29, 0.717) is 6.42 Å². The van der Waals surface area contributed by atoms with Gasteiger partial charge in [-0.2, -0.15) is 5.10 Å². The van der Waals surface area contributed by atoms with Gasteiger partial charge in [0.15, 0.2) is 17.1 Å². The Hall–Kier alpha value is -4.06. The zero-order valence-corrected chi connectivity index (χ0v) is 17.3. The van der Waals surface area contributed by atoms with Crippen LogP contribution in [0.4, 0.5) is 0 Å². The van der Waals surface area contributed by atoms with Gasteiger partial charge in [-0.1, -0.05) is 48.5 Å². The molecule has 0 bridgehead atoms. The average molecular weight is 404 g/mol. The first-order chi connectivity index (χ1) is 15.2. The van der Waals surface area contributed by atoms with Crippen LogP contribution in [-0.2, 0) is 6.42 Å². The van der Waals surface area contributed by atoms with E-state index in [1.54, 1.807) is 10.8 Å². The molecule has 31 heavy (non-hydrogen) atoms. The molecule has 0 radical (unpaired) electrons. The highest BCUT2D eigenvalue weighted by Gasteiger charge is 2.14. The van der Waals surface area contributed by atoms with E-state index in [1.165, 1.54) is 27.5 Å². The standard InChI is InChI=1S/C25H20N6/c1-16-10-11-20(12-17(16)2)31-24-22(14-27-31)25-28-23(29-30(25)15-26-24)13-19-8-5-7-18-6-3-4-9-21(18)19/h3-12,14-15H,13H2,1-2H3. The lowest BCUT2D eigenvalue weighted by Crippen LogP contribution is -2.00. The molecular formula is C25H20N6. The van der Waals surface area contributed by atoms with E-state index in [0.717, 1.165) is 28.2 Å². The molecule has 150 valence electrons. The number of hydrogen-bond acceptors (Lipinski definition) is 4. The van der Waals surface area contributed by atoms with Crippen molar-refractivity contribution in [3.63, 3.8) is 0 Å². The summed E-state index contributed by atoms with van der Waals surface area (Å²) in [7, 11) is 0. The number of benzene rings is 3. The summed E-state index contributed by atoms with van der Waals surface area (Å²) in [4.78, 5) is 9.47. The third-order valence-electron chi connectivity index (χ3n) is 5.91. The van der Waals surface area contributed by atoms with Crippen molar-refractivity contribution >= 4 is 27.5 Å². The molecule has 0 aliphatic carbocycles. The van der Waals surface area contributed by atoms with Crippen LogP contribution in [0.1, 0.15) is 22.5 Å². The van der Waals surface area contributed by atoms with Gasteiger partial charge < -0.3 is 0 Å². The van der Waals surface area contributed by atoms with Crippen molar-refractivity contribution in [3.05, 3.63) is 95.7 Å². The molecule has 0 saturated heterocycles. The van der Waals surface area contributed by atoms with Gasteiger partial charge in [-0.05, 0) is 53.4 Å². The maximum Gasteiger partial charge on any atom is 0.170 e. The normalized spacial score (nSPS) is 11.7. The van der Waals surface area contributed by atoms with Crippen LogP contribution in [-0.4, -0.2) is 29.4 Å². The number of rotatable bonds is 3. The largest absolute Gasteiger partial charge is 0.216 e. The molecule has 0 atom stereocenters. The minimum Gasteiger partial charge on any atom is -0.216 e. The first-order valence-corrected chi connectivity index (χ1v) is 10.3. The van der Waals surface area contributed by atoms with Gasteiger partial charge in [0.1, 0.15) is 6.33 Å². The van der Waals surface area contributed by atoms with E-state index in [1.807, 2.05) is 10.9 Å². The molecule has 0 fully saturated rings. The molecule has 0 unspecified atom stereocenters. The number of aryl methyl sites for hydroxylation is 2. The van der Waals surface area contributed by atoms with E-state index in [9.17, 15) is 0 Å². The zero-order chi connectivity index (χ0) is 20.9. The van der Waals surface area contributed by atoms with Crippen molar-refractivity contribution in [1.29, 1.82) is 0 Å². The number of hydrogen-bond donors (Lipinski definition) is 0. The molecule has 0 amide bonds. The lowest BCUT2D eigenvalue weighted by molar-refractivity contribution is 0.866. The van der Waals surface area contributed by atoms with Gasteiger partial charge in [0.05, 0.1) is 17.3 Å². The van der Waals surface area contributed by atoms with Crippen molar-refractivity contribution in [2.24, 2.45) is 0 Å². The minimum absolute atomic E-state index is 0.663. The van der Waals surface area contributed by atoms with Gasteiger partial charge in [0.2, 0.25) is 0 Å². The predicted molar refractivity (Wildman–Crippen MR) is 122 cm³/mol. The molecule has 0 N–H and O–H groups in total. The molecule has 0 saturated carbocycles. The Morgan fingerprint density at radius 3 is 2.61 bits per heavy atom. The predicted octanol–water partition coefficient (Wildman–Crippen LogP) is 4.82. The third kappa shape index (κ3) is 2.87. The van der Waals surface area contributed by atoms with Gasteiger partial charge in [0.25, 0.3) is 0 Å². The monoisotopic (exact) mass is 404 g/mol. The van der Waals surface area contributed by atoms with E-state index >= 15 is 0 Å². The second-order valence-corrected chi connectivity index (χ2v) is 7.92. The van der Waals surface area contributed by atoms with Crippen LogP contribution >= 0.6 is 0 Å². The lowest BCUT2D eigenvalue weighted by Gasteiger charge is -2.06. The van der Waals surface area contributed by atoms with E-state index in [4.69, 9.17) is 4.98 Å². The summed E-state index contributed by atoms with van der Waals surface area (Å²) >= 11 is 0. The SMILES string of the molecule is Cc1ccc(-n2ncc3c2ncn2nc(Cc4cccc5ccccc45)nc32)cc1C. The Labute approximate surface area is 178 Å². The third-order valence-corrected chi connectivity index (χ3v) is 5.91. The quantitative estimate of drug-likeness (QED) is 0.424. The molecule has 0 aliphatic rings. The van der Waals surface area contributed by atoms with Crippen LogP contribution in [0.25, 0.3) is 33.1 Å². The molecule has 0 aliphatic heterocycles. The minimum atomic E-state index is 0.663. The Balaban J connectivity index is 1.45. The average Bonchev–Trinajstić information content (AvgIpc) is 3.39. The Morgan fingerprint density at radius 2 is 1.71 bits per heavy atom. The second kappa shape index (κ2) is 6.74. The topological polar surface area (TPSA) is 60.9 Å². The molecule has 6 heteroatoms. The van der Waals surface area contributed by atoms with Crippen LogP contribution in [0.5, 0.6) is 0 Å². The molecule has 3 aromatic carbocycles. The molecule has 3 heterocycles. The van der Waals surface area contributed by atoms with Gasteiger partial charge in [-0.3, -0.25) is 0 Å². The van der Waals surface area contributed by atoms with E-state index in [-0.39, 0.29) is 0 Å². The molecule has 6 aromatic rings. The second-order valence-electron chi connectivity index (χ2n) is 7.92. The Kier molecular flexibility index (Phi) is 3.86. The van der Waals surface area contributed by atoms with Crippen molar-refractivity contribution in [2.75, 3.05) is 0 Å². The summed E-state index contributed by atoms with van der Waals surface area (Å²) in [5.41, 5.74) is 6.23. The smallest absolute Gasteiger partial charge is 0.170 e. The van der Waals surface area contributed by atoms with Gasteiger partial charge in [-0.15, -0.1) is 5.10 Å². The maximum absolute atomic E-state index is 4.84. The fourth-order valence-electron chi connectivity index (χ4n) is 4.10. The number of nitrogens with zero attached hydrogens (tertiary/aromatic N) is 6. The number of fused-ring (bicyclic) bond motifs is 4. The van der Waals surface area contributed by atoms with Crippen LogP contribution < -0.4 is 0 Å². The summed E-state index contributed by atoms with van der Waals surface area (Å²) in [6.07, 6.45) is 4.20. The van der Waals surface area contributed by atoms with E-state index in [2.05, 4.69) is 89.7 Å². The van der Waals surface area contributed by atoms with Crippen LogP contribution in [0, 0.1) is 13.8 Å². The lowest BCUT2D eigenvalue weighted by atomic mass is 10.0. The first-order valence-electron chi connectivity index (χ1n) is 10.3. The summed E-state index contributed by atoms with van der Waals surface area (Å²) < 4.78 is 3.61. The highest BCUT2D eigenvalue weighted by atomic mass is 15.3. The van der Waals surface area contributed by atoms with Crippen LogP contribution in [0.2, 0.25) is 0 Å². The summed E-state index contributed by atoms with van der Waals surface area (Å²) in [5, 5.41) is 12.6. The first kappa shape index (κ1) is 17.8. The molecule has 0 spiro atoms. The molecule has 3 aromatic heterocycles. The van der Waals surface area contributed by atoms with Gasteiger partial charge in [-0.25, -0.2) is 19.2 Å². The maximum atomic E-state index is 4.84. The van der Waals surface area contributed by atoms with Crippen molar-refractivity contribution < 1.29 is 0 Å². The van der Waals surface area contributed by atoms with Gasteiger partial charge in [0, 0.05) is 6.42 Å². The Bertz CT molecular complexity index is 1590. The van der Waals surface area contributed by atoms with Crippen LogP contribution in [0.15, 0.2) is 73.2 Å². The van der Waals surface area contributed by atoms with Crippen LogP contribution in [0.3, 0.4) is 0 Å². The van der Waals surface area contributed by atoms with Crippen molar-refractivity contribution in [3.8, 4) is 5.69 Å². The highest BCUT2D eigenvalue weighted by Crippen LogP contribution is 2.23. The van der Waals surface area contributed by atoms with Gasteiger partial charge >= 0.3 is 0 Å². The fourth-order valence-corrected chi connectivity index (χ4v) is 4.10. The summed E-state index contributed by atoms with van der Waals surface area (Å²) in [6.45, 7) is 4.21. The summed E-state index contributed by atoms with van der Waals surface area (Å²) in [6, 6.07) is 21.1. The van der Waals surface area contributed by atoms with Crippen molar-refractivity contribution in [1.82, 2.24) is 29.4 Å². The fraction of sp³-hybridized carbons (Fsp3) is 0.120. The summed E-state index contributed by atoms with van der Waals surface area (Å²) in [5.74, 6) is 0.768. The number of aromatic nitrogens is 6. The van der Waals surface area contributed by atoms with E-state index < -0.39 is 0 Å². The van der Waals surface area contributed by atoms with Crippen molar-refractivity contribution in [2.45, 2.75) is 20.3 Å². The highest BCUT2D eigenvalue weighted by molar-refractivity contribution is 5.89. The molecular weight excluding hydrogens is 384 g/mol. The Morgan fingerprint density at radius 1 is 0.839 bits per heavy atom.